The number of aryl methyl sites for hydroxylation is 2. The molecule has 0 aliphatic carbocycles. The van der Waals surface area contributed by atoms with E-state index in [1.165, 1.54) is 22.3 Å². The first-order valence-corrected chi connectivity index (χ1v) is 6.05. The second kappa shape index (κ2) is 4.91. The van der Waals surface area contributed by atoms with E-state index in [0.29, 0.717) is 6.42 Å². The Morgan fingerprint density at radius 1 is 1.18 bits per heavy atom. The van der Waals surface area contributed by atoms with Crippen LogP contribution in [0.1, 0.15) is 42.5 Å². The fraction of sp³-hybridized carbons (Fsp3) is 0.533. The lowest BCUT2D eigenvalue weighted by molar-refractivity contribution is -0.147. The minimum atomic E-state index is -0.723. The van der Waals surface area contributed by atoms with Crippen LogP contribution in [-0.4, -0.2) is 11.1 Å². The molecule has 1 aromatic carbocycles. The third-order valence-electron chi connectivity index (χ3n) is 3.77. The summed E-state index contributed by atoms with van der Waals surface area (Å²) in [6, 6.07) is 4.24. The maximum Gasteiger partial charge on any atom is 0.309 e. The third-order valence-corrected chi connectivity index (χ3v) is 3.77. The molecule has 1 aromatic rings. The van der Waals surface area contributed by atoms with Crippen molar-refractivity contribution in [2.24, 2.45) is 5.41 Å². The highest BCUT2D eigenvalue weighted by Crippen LogP contribution is 2.25. The van der Waals surface area contributed by atoms with Gasteiger partial charge in [-0.3, -0.25) is 4.79 Å². The molecule has 17 heavy (non-hydrogen) atoms. The van der Waals surface area contributed by atoms with Gasteiger partial charge in [-0.25, -0.2) is 0 Å². The predicted octanol–water partition coefficient (Wildman–Crippen LogP) is 3.66. The van der Waals surface area contributed by atoms with Crippen LogP contribution in [0.4, 0.5) is 0 Å². The van der Waals surface area contributed by atoms with Gasteiger partial charge in [0, 0.05) is 0 Å². The summed E-state index contributed by atoms with van der Waals surface area (Å²) in [4.78, 5) is 11.0. The number of carboxylic acids is 1. The van der Waals surface area contributed by atoms with Crippen LogP contribution in [0, 0.1) is 26.2 Å². The predicted molar refractivity (Wildman–Crippen MR) is 70.4 cm³/mol. The van der Waals surface area contributed by atoms with E-state index in [1.54, 1.807) is 13.8 Å². The maximum atomic E-state index is 11.0. The number of carboxylic acid groups (broad SMARTS) is 1. The van der Waals surface area contributed by atoms with Crippen LogP contribution in [0.2, 0.25) is 0 Å². The highest BCUT2D eigenvalue weighted by Gasteiger charge is 2.26. The smallest absolute Gasteiger partial charge is 0.309 e. The molecule has 0 heterocycles. The molecular formula is C15H22O2. The fourth-order valence-electron chi connectivity index (χ4n) is 1.84. The molecule has 0 spiro atoms. The normalized spacial score (nSPS) is 11.6. The number of benzene rings is 1. The quantitative estimate of drug-likeness (QED) is 0.863. The van der Waals surface area contributed by atoms with Crippen LogP contribution in [0.3, 0.4) is 0 Å². The topological polar surface area (TPSA) is 37.3 Å². The number of hydrogen-bond acceptors (Lipinski definition) is 1. The zero-order valence-electron chi connectivity index (χ0n) is 11.4. The van der Waals surface area contributed by atoms with Crippen molar-refractivity contribution in [3.8, 4) is 0 Å². The van der Waals surface area contributed by atoms with Gasteiger partial charge < -0.3 is 5.11 Å². The van der Waals surface area contributed by atoms with Gasteiger partial charge in [0.25, 0.3) is 0 Å². The Morgan fingerprint density at radius 2 is 1.76 bits per heavy atom. The van der Waals surface area contributed by atoms with Crippen molar-refractivity contribution in [1.29, 1.82) is 0 Å². The second-order valence-corrected chi connectivity index (χ2v) is 5.48. The molecule has 0 bridgehead atoms. The zero-order valence-corrected chi connectivity index (χ0v) is 11.4. The summed E-state index contributed by atoms with van der Waals surface area (Å²) in [5.74, 6) is -0.723. The van der Waals surface area contributed by atoms with E-state index in [4.69, 9.17) is 5.11 Å². The maximum absolute atomic E-state index is 11.0. The Bertz CT molecular complexity index is 431. The zero-order chi connectivity index (χ0) is 13.2. The van der Waals surface area contributed by atoms with E-state index >= 15 is 0 Å². The van der Waals surface area contributed by atoms with E-state index in [2.05, 4.69) is 32.9 Å². The van der Waals surface area contributed by atoms with E-state index < -0.39 is 11.4 Å². The van der Waals surface area contributed by atoms with Gasteiger partial charge in [0.05, 0.1) is 5.41 Å². The van der Waals surface area contributed by atoms with Crippen molar-refractivity contribution < 1.29 is 9.90 Å². The van der Waals surface area contributed by atoms with Crippen molar-refractivity contribution in [2.75, 3.05) is 0 Å². The molecule has 0 radical (unpaired) electrons. The van der Waals surface area contributed by atoms with Crippen LogP contribution in [0.15, 0.2) is 12.1 Å². The highest BCUT2D eigenvalue weighted by atomic mass is 16.4. The number of carbonyl (C=O) groups is 1. The SMILES string of the molecule is Cc1ccc(CCC(C)(C)C(=O)O)c(C)c1C. The summed E-state index contributed by atoms with van der Waals surface area (Å²) >= 11 is 0. The molecule has 0 fully saturated rings. The Balaban J connectivity index is 2.84. The Kier molecular flexibility index (Phi) is 3.97. The Hall–Kier alpha value is -1.31. The molecular weight excluding hydrogens is 212 g/mol. The molecule has 2 heteroatoms. The van der Waals surface area contributed by atoms with Gasteiger partial charge in [0.2, 0.25) is 0 Å². The molecule has 0 atom stereocenters. The van der Waals surface area contributed by atoms with Crippen molar-refractivity contribution in [3.63, 3.8) is 0 Å². The summed E-state index contributed by atoms with van der Waals surface area (Å²) in [5, 5.41) is 9.09. The first-order chi connectivity index (χ1) is 7.75. The molecule has 1 rings (SSSR count). The number of hydrogen-bond donors (Lipinski definition) is 1. The molecule has 2 nitrogen and oxygen atoms in total. The lowest BCUT2D eigenvalue weighted by Gasteiger charge is -2.20. The summed E-state index contributed by atoms with van der Waals surface area (Å²) in [5.41, 5.74) is 4.53. The van der Waals surface area contributed by atoms with Crippen LogP contribution < -0.4 is 0 Å². The van der Waals surface area contributed by atoms with Gasteiger partial charge in [-0.1, -0.05) is 12.1 Å². The molecule has 94 valence electrons. The number of rotatable bonds is 4. The van der Waals surface area contributed by atoms with Gasteiger partial charge in [-0.05, 0) is 69.7 Å². The molecule has 0 amide bonds. The van der Waals surface area contributed by atoms with Crippen LogP contribution >= 0.6 is 0 Å². The second-order valence-electron chi connectivity index (χ2n) is 5.48. The van der Waals surface area contributed by atoms with Crippen molar-refractivity contribution in [2.45, 2.75) is 47.5 Å². The summed E-state index contributed by atoms with van der Waals surface area (Å²) in [7, 11) is 0. The Morgan fingerprint density at radius 3 is 2.29 bits per heavy atom. The molecule has 1 N–H and O–H groups in total. The third kappa shape index (κ3) is 3.09. The van der Waals surface area contributed by atoms with E-state index in [-0.39, 0.29) is 0 Å². The average Bonchev–Trinajstić information content (AvgIpc) is 2.25. The highest BCUT2D eigenvalue weighted by molar-refractivity contribution is 5.73. The minimum absolute atomic E-state index is 0.648. The first-order valence-electron chi connectivity index (χ1n) is 6.05. The molecule has 0 aromatic heterocycles. The monoisotopic (exact) mass is 234 g/mol. The Labute approximate surface area is 104 Å². The van der Waals surface area contributed by atoms with Crippen LogP contribution in [-0.2, 0) is 11.2 Å². The largest absolute Gasteiger partial charge is 0.481 e. The molecule has 0 saturated heterocycles. The standard InChI is InChI=1S/C15H22O2/c1-10-6-7-13(12(3)11(10)2)8-9-15(4,5)14(16)17/h6-7H,8-9H2,1-5H3,(H,16,17). The van der Waals surface area contributed by atoms with Gasteiger partial charge in [0.1, 0.15) is 0 Å². The fourth-order valence-corrected chi connectivity index (χ4v) is 1.84. The van der Waals surface area contributed by atoms with Crippen LogP contribution in [0.25, 0.3) is 0 Å². The lowest BCUT2D eigenvalue weighted by atomic mass is 9.85. The van der Waals surface area contributed by atoms with Gasteiger partial charge in [-0.2, -0.15) is 0 Å². The molecule has 0 unspecified atom stereocenters. The van der Waals surface area contributed by atoms with Gasteiger partial charge in [-0.15, -0.1) is 0 Å². The van der Waals surface area contributed by atoms with Gasteiger partial charge in [0.15, 0.2) is 0 Å². The van der Waals surface area contributed by atoms with Crippen molar-refractivity contribution in [1.82, 2.24) is 0 Å². The number of aliphatic carboxylic acids is 1. The van der Waals surface area contributed by atoms with E-state index in [0.717, 1.165) is 6.42 Å². The molecule has 0 aliphatic rings. The van der Waals surface area contributed by atoms with Crippen molar-refractivity contribution >= 4 is 5.97 Å². The van der Waals surface area contributed by atoms with Crippen LogP contribution in [0.5, 0.6) is 0 Å². The minimum Gasteiger partial charge on any atom is -0.481 e. The summed E-state index contributed by atoms with van der Waals surface area (Å²) in [6.07, 6.45) is 1.50. The average molecular weight is 234 g/mol. The first kappa shape index (κ1) is 13.8. The molecule has 0 saturated carbocycles. The lowest BCUT2D eigenvalue weighted by Crippen LogP contribution is -2.24. The van der Waals surface area contributed by atoms with Crippen molar-refractivity contribution in [3.05, 3.63) is 34.4 Å². The summed E-state index contributed by atoms with van der Waals surface area (Å²) in [6.45, 7) is 9.91. The summed E-state index contributed by atoms with van der Waals surface area (Å²) < 4.78 is 0. The van der Waals surface area contributed by atoms with E-state index in [1.807, 2.05) is 0 Å². The van der Waals surface area contributed by atoms with E-state index in [9.17, 15) is 4.79 Å². The molecule has 0 aliphatic heterocycles. The van der Waals surface area contributed by atoms with Gasteiger partial charge >= 0.3 is 5.97 Å².